The Hall–Kier alpha value is -1.70. The molecule has 0 saturated heterocycles. The molecule has 0 fully saturated rings. The second-order valence-electron chi connectivity index (χ2n) is 4.01. The first-order valence-electron chi connectivity index (χ1n) is 5.59. The van der Waals surface area contributed by atoms with Crippen molar-refractivity contribution in [1.29, 1.82) is 5.26 Å². The predicted molar refractivity (Wildman–Crippen MR) is 77.0 cm³/mol. The molecule has 2 nitrogen and oxygen atoms in total. The minimum absolute atomic E-state index is 0.397. The standard InChI is InChI=1S/C14H10N2S2/c1-9-10-4-2-3-5-12(10)18-14(9)11-8-17-13(16-11)6-7-15/h2-5,8H,6H2,1H3. The van der Waals surface area contributed by atoms with Gasteiger partial charge in [-0.2, -0.15) is 5.26 Å². The van der Waals surface area contributed by atoms with Gasteiger partial charge >= 0.3 is 0 Å². The summed E-state index contributed by atoms with van der Waals surface area (Å²) in [6, 6.07) is 10.5. The summed E-state index contributed by atoms with van der Waals surface area (Å²) >= 11 is 3.33. The zero-order valence-corrected chi connectivity index (χ0v) is 11.4. The van der Waals surface area contributed by atoms with Crippen LogP contribution in [0.4, 0.5) is 0 Å². The van der Waals surface area contributed by atoms with E-state index in [0.717, 1.165) is 10.7 Å². The van der Waals surface area contributed by atoms with Crippen LogP contribution in [0.15, 0.2) is 29.6 Å². The van der Waals surface area contributed by atoms with Crippen LogP contribution in [0.3, 0.4) is 0 Å². The van der Waals surface area contributed by atoms with Crippen molar-refractivity contribution in [3.05, 3.63) is 40.2 Å². The second-order valence-corrected chi connectivity index (χ2v) is 6.01. The smallest absolute Gasteiger partial charge is 0.107 e. The van der Waals surface area contributed by atoms with E-state index < -0.39 is 0 Å². The average molecular weight is 270 g/mol. The summed E-state index contributed by atoms with van der Waals surface area (Å²) in [7, 11) is 0. The van der Waals surface area contributed by atoms with Crippen molar-refractivity contribution >= 4 is 32.8 Å². The molecule has 2 heterocycles. The van der Waals surface area contributed by atoms with Gasteiger partial charge in [0.2, 0.25) is 0 Å². The molecule has 0 N–H and O–H groups in total. The Labute approximate surface area is 113 Å². The Balaban J connectivity index is 2.13. The molecule has 0 aliphatic carbocycles. The Bertz CT molecular complexity index is 747. The van der Waals surface area contributed by atoms with E-state index in [-0.39, 0.29) is 0 Å². The molecule has 3 aromatic rings. The summed E-state index contributed by atoms with van der Waals surface area (Å²) in [6.45, 7) is 2.14. The number of nitriles is 1. The van der Waals surface area contributed by atoms with Gasteiger partial charge in [0.25, 0.3) is 0 Å². The van der Waals surface area contributed by atoms with E-state index in [1.807, 2.05) is 5.38 Å². The van der Waals surface area contributed by atoms with E-state index in [0.29, 0.717) is 6.42 Å². The number of thiazole rings is 1. The molecule has 0 radical (unpaired) electrons. The number of aromatic nitrogens is 1. The van der Waals surface area contributed by atoms with Crippen molar-refractivity contribution in [1.82, 2.24) is 4.98 Å². The number of nitrogens with zero attached hydrogens (tertiary/aromatic N) is 2. The van der Waals surface area contributed by atoms with E-state index in [1.165, 1.54) is 20.5 Å². The van der Waals surface area contributed by atoms with Crippen LogP contribution in [0, 0.1) is 18.3 Å². The van der Waals surface area contributed by atoms with Crippen LogP contribution in [-0.4, -0.2) is 4.98 Å². The van der Waals surface area contributed by atoms with E-state index >= 15 is 0 Å². The van der Waals surface area contributed by atoms with Gasteiger partial charge in [-0.25, -0.2) is 4.98 Å². The first kappa shape index (κ1) is 11.4. The van der Waals surface area contributed by atoms with Gasteiger partial charge in [0, 0.05) is 10.1 Å². The molecule has 0 amide bonds. The van der Waals surface area contributed by atoms with Crippen LogP contribution in [0.25, 0.3) is 20.7 Å². The summed E-state index contributed by atoms with van der Waals surface area (Å²) in [4.78, 5) is 5.75. The zero-order valence-electron chi connectivity index (χ0n) is 9.80. The Morgan fingerprint density at radius 1 is 1.33 bits per heavy atom. The molecule has 0 bridgehead atoms. The summed E-state index contributed by atoms with van der Waals surface area (Å²) in [5.41, 5.74) is 2.29. The van der Waals surface area contributed by atoms with Gasteiger partial charge in [0.05, 0.1) is 23.1 Å². The second kappa shape index (κ2) is 4.52. The molecule has 1 aromatic carbocycles. The number of fused-ring (bicyclic) bond motifs is 1. The SMILES string of the molecule is Cc1c(-c2csc(CC#N)n2)sc2ccccc12. The predicted octanol–water partition coefficient (Wildman–Crippen LogP) is 4.40. The maximum absolute atomic E-state index is 8.69. The van der Waals surface area contributed by atoms with Gasteiger partial charge in [-0.1, -0.05) is 18.2 Å². The Kier molecular flexibility index (Phi) is 2.86. The number of benzene rings is 1. The van der Waals surface area contributed by atoms with Gasteiger partial charge in [0.15, 0.2) is 0 Å². The molecule has 0 saturated carbocycles. The highest BCUT2D eigenvalue weighted by molar-refractivity contribution is 7.22. The molecule has 0 aliphatic heterocycles. The minimum Gasteiger partial charge on any atom is -0.239 e. The molecule has 3 rings (SSSR count). The molecular weight excluding hydrogens is 260 g/mol. The lowest BCUT2D eigenvalue weighted by Gasteiger charge is -1.93. The molecule has 0 aliphatic rings. The zero-order chi connectivity index (χ0) is 12.5. The normalized spacial score (nSPS) is 10.7. The largest absolute Gasteiger partial charge is 0.239 e. The number of aryl methyl sites for hydroxylation is 1. The Morgan fingerprint density at radius 3 is 2.94 bits per heavy atom. The molecule has 0 atom stereocenters. The van der Waals surface area contributed by atoms with E-state index in [9.17, 15) is 0 Å². The van der Waals surface area contributed by atoms with Crippen molar-refractivity contribution in [3.63, 3.8) is 0 Å². The first-order valence-corrected chi connectivity index (χ1v) is 7.29. The van der Waals surface area contributed by atoms with Crippen molar-refractivity contribution < 1.29 is 0 Å². The van der Waals surface area contributed by atoms with Crippen LogP contribution >= 0.6 is 22.7 Å². The topological polar surface area (TPSA) is 36.7 Å². The number of thiophene rings is 1. The van der Waals surface area contributed by atoms with Crippen molar-refractivity contribution in [2.75, 3.05) is 0 Å². The Morgan fingerprint density at radius 2 is 2.17 bits per heavy atom. The molecule has 4 heteroatoms. The maximum atomic E-state index is 8.69. The highest BCUT2D eigenvalue weighted by Crippen LogP contribution is 2.38. The van der Waals surface area contributed by atoms with Crippen molar-refractivity contribution in [2.24, 2.45) is 0 Å². The summed E-state index contributed by atoms with van der Waals surface area (Å²) in [5, 5.41) is 12.9. The summed E-state index contributed by atoms with van der Waals surface area (Å²) in [6.07, 6.45) is 0.397. The van der Waals surface area contributed by atoms with E-state index in [4.69, 9.17) is 5.26 Å². The van der Waals surface area contributed by atoms with Gasteiger partial charge in [-0.05, 0) is 23.9 Å². The highest BCUT2D eigenvalue weighted by atomic mass is 32.1. The fraction of sp³-hybridized carbons (Fsp3) is 0.143. The van der Waals surface area contributed by atoms with Crippen molar-refractivity contribution in [2.45, 2.75) is 13.3 Å². The molecule has 2 aromatic heterocycles. The third-order valence-corrected chi connectivity index (χ3v) is 5.00. The monoisotopic (exact) mass is 270 g/mol. The fourth-order valence-electron chi connectivity index (χ4n) is 1.98. The van der Waals surface area contributed by atoms with Crippen LogP contribution in [0.2, 0.25) is 0 Å². The van der Waals surface area contributed by atoms with Crippen LogP contribution in [0.5, 0.6) is 0 Å². The summed E-state index contributed by atoms with van der Waals surface area (Å²) < 4.78 is 1.29. The third kappa shape index (κ3) is 1.82. The van der Waals surface area contributed by atoms with Crippen LogP contribution in [-0.2, 0) is 6.42 Å². The summed E-state index contributed by atoms with van der Waals surface area (Å²) in [5.74, 6) is 0. The maximum Gasteiger partial charge on any atom is 0.107 e. The number of rotatable bonds is 2. The molecule has 0 spiro atoms. The minimum atomic E-state index is 0.397. The third-order valence-electron chi connectivity index (χ3n) is 2.86. The number of hydrogen-bond acceptors (Lipinski definition) is 4. The molecule has 88 valence electrons. The highest BCUT2D eigenvalue weighted by Gasteiger charge is 2.12. The fourth-order valence-corrected chi connectivity index (χ4v) is 3.94. The number of hydrogen-bond donors (Lipinski definition) is 0. The van der Waals surface area contributed by atoms with Crippen molar-refractivity contribution in [3.8, 4) is 16.6 Å². The van der Waals surface area contributed by atoms with Gasteiger partial charge in [-0.3, -0.25) is 0 Å². The van der Waals surface area contributed by atoms with Gasteiger partial charge in [-0.15, -0.1) is 22.7 Å². The van der Waals surface area contributed by atoms with Crippen LogP contribution < -0.4 is 0 Å². The molecule has 18 heavy (non-hydrogen) atoms. The van der Waals surface area contributed by atoms with E-state index in [1.54, 1.807) is 22.7 Å². The lowest BCUT2D eigenvalue weighted by atomic mass is 10.1. The molecular formula is C14H10N2S2. The lowest BCUT2D eigenvalue weighted by molar-refractivity contribution is 1.19. The van der Waals surface area contributed by atoms with Crippen LogP contribution in [0.1, 0.15) is 10.6 Å². The first-order chi connectivity index (χ1) is 8.79. The quantitative estimate of drug-likeness (QED) is 0.692. The lowest BCUT2D eigenvalue weighted by Crippen LogP contribution is -1.80. The molecule has 0 unspecified atom stereocenters. The average Bonchev–Trinajstić information content (AvgIpc) is 2.96. The van der Waals surface area contributed by atoms with Gasteiger partial charge in [0.1, 0.15) is 5.01 Å². The van der Waals surface area contributed by atoms with Gasteiger partial charge < -0.3 is 0 Å². The van der Waals surface area contributed by atoms with E-state index in [2.05, 4.69) is 42.2 Å².